The van der Waals surface area contributed by atoms with E-state index in [1.165, 1.54) is 44.7 Å². The third-order valence-electron chi connectivity index (χ3n) is 3.83. The molecule has 0 bridgehead atoms. The second-order valence-electron chi connectivity index (χ2n) is 5.77. The van der Waals surface area contributed by atoms with Gasteiger partial charge in [-0.1, -0.05) is 29.8 Å². The molecule has 0 heterocycles. The molecule has 0 fully saturated rings. The Hall–Kier alpha value is -2.67. The van der Waals surface area contributed by atoms with Gasteiger partial charge in [0.25, 0.3) is 0 Å². The Balaban J connectivity index is 2.06. The molecule has 0 radical (unpaired) electrons. The maximum atomic E-state index is 12.3. The molecular weight excluding hydrogens is 366 g/mol. The summed E-state index contributed by atoms with van der Waals surface area (Å²) < 4.78 is 15.2. The average molecular weight is 389 g/mol. The van der Waals surface area contributed by atoms with Crippen molar-refractivity contribution in [3.63, 3.8) is 0 Å². The molecule has 0 saturated carbocycles. The van der Waals surface area contributed by atoms with Gasteiger partial charge in [-0.3, -0.25) is 4.79 Å². The van der Waals surface area contributed by atoms with E-state index in [4.69, 9.17) is 14.2 Å². The summed E-state index contributed by atoms with van der Waals surface area (Å²) >= 11 is 1.49. The Kier molecular flexibility index (Phi) is 7.55. The maximum absolute atomic E-state index is 12.3. The monoisotopic (exact) mass is 389 g/mol. The lowest BCUT2D eigenvalue weighted by molar-refractivity contribution is -0.113. The van der Waals surface area contributed by atoms with Crippen molar-refractivity contribution in [3.8, 4) is 11.5 Å². The molecule has 0 spiro atoms. The molecule has 6 nitrogen and oxygen atoms in total. The first kappa shape index (κ1) is 20.6. The van der Waals surface area contributed by atoms with E-state index in [9.17, 15) is 9.59 Å². The van der Waals surface area contributed by atoms with Gasteiger partial charge in [-0.2, -0.15) is 0 Å². The van der Waals surface area contributed by atoms with Crippen LogP contribution in [0.1, 0.15) is 21.5 Å². The number of anilines is 1. The Morgan fingerprint density at radius 3 is 2.22 bits per heavy atom. The minimum atomic E-state index is -0.571. The first-order chi connectivity index (χ1) is 13.0. The lowest BCUT2D eigenvalue weighted by Crippen LogP contribution is -2.17. The van der Waals surface area contributed by atoms with Gasteiger partial charge in [0.1, 0.15) is 0 Å². The summed E-state index contributed by atoms with van der Waals surface area (Å²) in [4.78, 5) is 24.4. The van der Waals surface area contributed by atoms with Crippen LogP contribution in [0, 0.1) is 6.92 Å². The molecule has 0 aliphatic rings. The van der Waals surface area contributed by atoms with Crippen molar-refractivity contribution in [1.82, 2.24) is 0 Å². The van der Waals surface area contributed by atoms with Crippen molar-refractivity contribution in [2.24, 2.45) is 0 Å². The zero-order chi connectivity index (χ0) is 19.8. The number of benzene rings is 2. The van der Waals surface area contributed by atoms with Crippen molar-refractivity contribution < 1.29 is 23.8 Å². The van der Waals surface area contributed by atoms with Crippen LogP contribution in [0.5, 0.6) is 11.5 Å². The molecule has 0 aliphatic heterocycles. The number of thioether (sulfide) groups is 1. The number of esters is 1. The van der Waals surface area contributed by atoms with Crippen LogP contribution in [0.2, 0.25) is 0 Å². The van der Waals surface area contributed by atoms with Crippen LogP contribution < -0.4 is 14.8 Å². The van der Waals surface area contributed by atoms with Gasteiger partial charge in [0, 0.05) is 17.9 Å². The van der Waals surface area contributed by atoms with E-state index in [0.717, 1.165) is 11.3 Å². The molecule has 144 valence electrons. The van der Waals surface area contributed by atoms with E-state index in [2.05, 4.69) is 5.32 Å². The van der Waals surface area contributed by atoms with Gasteiger partial charge in [-0.05, 0) is 12.5 Å². The Labute approximate surface area is 163 Å². The molecule has 0 unspecified atom stereocenters. The van der Waals surface area contributed by atoms with Crippen molar-refractivity contribution in [3.05, 3.63) is 53.1 Å². The van der Waals surface area contributed by atoms with Crippen LogP contribution in [0.25, 0.3) is 0 Å². The molecule has 0 saturated heterocycles. The fourth-order valence-electron chi connectivity index (χ4n) is 2.39. The molecule has 2 rings (SSSR count). The van der Waals surface area contributed by atoms with Crippen molar-refractivity contribution >= 4 is 29.3 Å². The Morgan fingerprint density at radius 1 is 1.00 bits per heavy atom. The van der Waals surface area contributed by atoms with Crippen molar-refractivity contribution in [2.45, 2.75) is 12.7 Å². The highest BCUT2D eigenvalue weighted by Gasteiger charge is 2.19. The van der Waals surface area contributed by atoms with Crippen LogP contribution in [0.3, 0.4) is 0 Å². The van der Waals surface area contributed by atoms with Gasteiger partial charge in [0.05, 0.1) is 38.3 Å². The minimum Gasteiger partial charge on any atom is -0.493 e. The standard InChI is InChI=1S/C20H23NO5S/c1-13-5-7-14(8-6-13)11-27-12-19(22)21-16-10-18(25-3)17(24-2)9-15(16)20(23)26-4/h5-10H,11-12H2,1-4H3,(H,21,22). The normalized spacial score (nSPS) is 10.2. The molecule has 2 aromatic carbocycles. The first-order valence-corrected chi connectivity index (χ1v) is 9.41. The van der Waals surface area contributed by atoms with Crippen molar-refractivity contribution in [2.75, 3.05) is 32.4 Å². The molecule has 0 atom stereocenters. The van der Waals surface area contributed by atoms with E-state index in [0.29, 0.717) is 17.2 Å². The number of nitrogens with one attached hydrogen (secondary N) is 1. The number of amides is 1. The summed E-state index contributed by atoms with van der Waals surface area (Å²) in [7, 11) is 4.24. The van der Waals surface area contributed by atoms with Crippen LogP contribution in [0.4, 0.5) is 5.69 Å². The molecule has 1 amide bonds. The van der Waals surface area contributed by atoms with E-state index in [-0.39, 0.29) is 17.2 Å². The van der Waals surface area contributed by atoms with Gasteiger partial charge in [0.2, 0.25) is 5.91 Å². The van der Waals surface area contributed by atoms with Crippen LogP contribution in [-0.4, -0.2) is 39.0 Å². The Bertz CT molecular complexity index is 805. The number of carbonyl (C=O) groups excluding carboxylic acids is 2. The maximum Gasteiger partial charge on any atom is 0.340 e. The SMILES string of the molecule is COC(=O)c1cc(OC)c(OC)cc1NC(=O)CSCc1ccc(C)cc1. The highest BCUT2D eigenvalue weighted by atomic mass is 32.2. The smallest absolute Gasteiger partial charge is 0.340 e. The third-order valence-corrected chi connectivity index (χ3v) is 4.83. The second-order valence-corrected chi connectivity index (χ2v) is 6.76. The Morgan fingerprint density at radius 2 is 1.63 bits per heavy atom. The molecule has 0 aliphatic carbocycles. The predicted molar refractivity (Wildman–Crippen MR) is 107 cm³/mol. The number of hydrogen-bond acceptors (Lipinski definition) is 6. The summed E-state index contributed by atoms with van der Waals surface area (Å²) in [5, 5.41) is 2.75. The van der Waals surface area contributed by atoms with Gasteiger partial charge >= 0.3 is 5.97 Å². The fourth-order valence-corrected chi connectivity index (χ4v) is 3.18. The third kappa shape index (κ3) is 5.65. The lowest BCUT2D eigenvalue weighted by Gasteiger charge is -2.14. The quantitative estimate of drug-likeness (QED) is 0.695. The van der Waals surface area contributed by atoms with E-state index >= 15 is 0 Å². The number of methoxy groups -OCH3 is 3. The van der Waals surface area contributed by atoms with E-state index < -0.39 is 5.97 Å². The van der Waals surface area contributed by atoms with Crippen LogP contribution in [-0.2, 0) is 15.3 Å². The molecule has 2 aromatic rings. The van der Waals surface area contributed by atoms with Gasteiger partial charge in [0.15, 0.2) is 11.5 Å². The van der Waals surface area contributed by atoms with Gasteiger partial charge in [-0.25, -0.2) is 4.79 Å². The lowest BCUT2D eigenvalue weighted by atomic mass is 10.1. The van der Waals surface area contributed by atoms with Crippen LogP contribution in [0.15, 0.2) is 36.4 Å². The summed E-state index contributed by atoms with van der Waals surface area (Å²) in [5.74, 6) is 0.979. The van der Waals surface area contributed by atoms with Crippen molar-refractivity contribution in [1.29, 1.82) is 0 Å². The molecule has 7 heteroatoms. The summed E-state index contributed by atoms with van der Waals surface area (Å²) in [5.41, 5.74) is 2.87. The first-order valence-electron chi connectivity index (χ1n) is 8.26. The predicted octanol–water partition coefficient (Wildman–Crippen LogP) is 3.67. The number of rotatable bonds is 8. The summed E-state index contributed by atoms with van der Waals surface area (Å²) in [6.45, 7) is 2.03. The van der Waals surface area contributed by atoms with Crippen LogP contribution >= 0.6 is 11.8 Å². The highest BCUT2D eigenvalue weighted by molar-refractivity contribution is 7.99. The molecular formula is C20H23NO5S. The van der Waals surface area contributed by atoms with E-state index in [1.807, 2.05) is 31.2 Å². The van der Waals surface area contributed by atoms with E-state index in [1.54, 1.807) is 6.07 Å². The number of ether oxygens (including phenoxy) is 3. The fraction of sp³-hybridized carbons (Fsp3) is 0.300. The highest BCUT2D eigenvalue weighted by Crippen LogP contribution is 2.33. The molecule has 27 heavy (non-hydrogen) atoms. The summed E-state index contributed by atoms with van der Waals surface area (Å²) in [6.07, 6.45) is 0. The average Bonchev–Trinajstić information content (AvgIpc) is 2.68. The molecule has 1 N–H and O–H groups in total. The van der Waals surface area contributed by atoms with Gasteiger partial charge < -0.3 is 19.5 Å². The summed E-state index contributed by atoms with van der Waals surface area (Å²) in [6, 6.07) is 11.2. The second kappa shape index (κ2) is 9.87. The largest absolute Gasteiger partial charge is 0.493 e. The zero-order valence-electron chi connectivity index (χ0n) is 15.8. The van der Waals surface area contributed by atoms with Gasteiger partial charge in [-0.15, -0.1) is 11.8 Å². The minimum absolute atomic E-state index is 0.201. The number of hydrogen-bond donors (Lipinski definition) is 1. The molecule has 0 aromatic heterocycles. The topological polar surface area (TPSA) is 73.9 Å². The number of carbonyl (C=O) groups is 2. The zero-order valence-corrected chi connectivity index (χ0v) is 16.6. The number of aryl methyl sites for hydroxylation is 1.